The fraction of sp³-hybridized carbons (Fsp3) is 0.632. The van der Waals surface area contributed by atoms with Gasteiger partial charge in [0.2, 0.25) is 0 Å². The number of nitrogens with zero attached hydrogens (tertiary/aromatic N) is 1. The summed E-state index contributed by atoms with van der Waals surface area (Å²) in [5, 5.41) is 19.4. The molecule has 0 bridgehead atoms. The molecule has 5 nitrogen and oxygen atoms in total. The Hall–Kier alpha value is -1.43. The van der Waals surface area contributed by atoms with Gasteiger partial charge in [0.05, 0.1) is 23.7 Å². The third-order valence-corrected chi connectivity index (χ3v) is 3.06. The molecule has 0 saturated heterocycles. The molecule has 0 amide bonds. The lowest BCUT2D eigenvalue weighted by atomic mass is 9.97. The van der Waals surface area contributed by atoms with Gasteiger partial charge in [0.25, 0.3) is 0 Å². The molecule has 2 rings (SSSR count). The summed E-state index contributed by atoms with van der Waals surface area (Å²) in [4.78, 5) is 4.50. The molecule has 24 heavy (non-hydrogen) atoms. The van der Waals surface area contributed by atoms with E-state index in [1.165, 1.54) is 0 Å². The molecule has 4 N–H and O–H groups in total. The summed E-state index contributed by atoms with van der Waals surface area (Å²) in [7, 11) is 0. The molecule has 5 heteroatoms. The highest BCUT2D eigenvalue weighted by Crippen LogP contribution is 2.21. The molecule has 1 aliphatic carbocycles. The first-order valence-electron chi connectivity index (χ1n) is 8.71. The second-order valence-electron chi connectivity index (χ2n) is 5.92. The highest BCUT2D eigenvalue weighted by atomic mass is 16.5. The molecule has 0 aromatic carbocycles. The Bertz CT molecular complexity index is 448. The zero-order valence-corrected chi connectivity index (χ0v) is 15.6. The summed E-state index contributed by atoms with van der Waals surface area (Å²) < 4.78 is 5.57. The van der Waals surface area contributed by atoms with E-state index in [0.717, 1.165) is 13.0 Å². The summed E-state index contributed by atoms with van der Waals surface area (Å²) >= 11 is 0. The van der Waals surface area contributed by atoms with Gasteiger partial charge in [0.15, 0.2) is 5.90 Å². The number of rotatable bonds is 4. The Morgan fingerprint density at radius 3 is 2.46 bits per heavy atom. The lowest BCUT2D eigenvalue weighted by Crippen LogP contribution is -2.26. The Morgan fingerprint density at radius 2 is 1.92 bits per heavy atom. The average Bonchev–Trinajstić information content (AvgIpc) is 2.98. The number of nitrogens with two attached hydrogens (primary N) is 1. The fourth-order valence-corrected chi connectivity index (χ4v) is 2.08. The minimum Gasteiger partial charge on any atom is -0.478 e. The molecule has 3 atom stereocenters. The molecule has 0 spiro atoms. The molecule has 0 fully saturated rings. The third kappa shape index (κ3) is 9.01. The summed E-state index contributed by atoms with van der Waals surface area (Å²) in [6, 6.07) is 0.0695. The maximum atomic E-state index is 9.85. The number of aliphatic imine (C=N–C) groups is 1. The number of allylic oxidation sites excluding steroid dienone is 2. The van der Waals surface area contributed by atoms with Crippen molar-refractivity contribution >= 4 is 5.90 Å². The van der Waals surface area contributed by atoms with Gasteiger partial charge in [0, 0.05) is 0 Å². The molecular weight excluding hydrogens is 304 g/mol. The van der Waals surface area contributed by atoms with Crippen LogP contribution in [0.5, 0.6) is 0 Å². The topological polar surface area (TPSA) is 88.1 Å². The second kappa shape index (κ2) is 12.0. The number of aliphatic hydroxyl groups excluding tert-OH is 1. The Morgan fingerprint density at radius 1 is 1.33 bits per heavy atom. The van der Waals surface area contributed by atoms with Gasteiger partial charge >= 0.3 is 0 Å². The van der Waals surface area contributed by atoms with Gasteiger partial charge in [-0.1, -0.05) is 57.2 Å². The van der Waals surface area contributed by atoms with Crippen molar-refractivity contribution in [2.24, 2.45) is 16.6 Å². The van der Waals surface area contributed by atoms with Gasteiger partial charge in [-0.25, -0.2) is 4.99 Å². The van der Waals surface area contributed by atoms with Crippen LogP contribution in [-0.4, -0.2) is 47.0 Å². The predicted octanol–water partition coefficient (Wildman–Crippen LogP) is 2.60. The van der Waals surface area contributed by atoms with E-state index in [1.54, 1.807) is 26.0 Å². The van der Waals surface area contributed by atoms with E-state index in [9.17, 15) is 10.2 Å². The monoisotopic (exact) mass is 338 g/mol. The normalized spacial score (nSPS) is 25.3. The third-order valence-electron chi connectivity index (χ3n) is 3.06. The molecule has 1 heterocycles. The minimum absolute atomic E-state index is 0.0695. The van der Waals surface area contributed by atoms with Crippen LogP contribution >= 0.6 is 0 Å². The van der Waals surface area contributed by atoms with Crippen molar-refractivity contribution in [3.8, 4) is 0 Å². The lowest BCUT2D eigenvalue weighted by molar-refractivity contribution is 0.132. The lowest BCUT2D eigenvalue weighted by Gasteiger charge is -2.18. The van der Waals surface area contributed by atoms with Crippen LogP contribution in [0.1, 0.15) is 41.0 Å². The molecule has 0 saturated carbocycles. The van der Waals surface area contributed by atoms with Crippen LogP contribution in [0.4, 0.5) is 0 Å². The van der Waals surface area contributed by atoms with Crippen molar-refractivity contribution in [2.75, 3.05) is 13.2 Å². The van der Waals surface area contributed by atoms with Crippen LogP contribution in [0.25, 0.3) is 0 Å². The van der Waals surface area contributed by atoms with Crippen molar-refractivity contribution < 1.29 is 14.9 Å². The van der Waals surface area contributed by atoms with E-state index in [1.807, 2.05) is 45.1 Å². The highest BCUT2D eigenvalue weighted by molar-refractivity contribution is 5.83. The van der Waals surface area contributed by atoms with Gasteiger partial charge in [0.1, 0.15) is 6.61 Å². The molecular formula is C19H34N2O3. The summed E-state index contributed by atoms with van der Waals surface area (Å²) in [5.41, 5.74) is 4.05. The van der Waals surface area contributed by atoms with E-state index in [-0.39, 0.29) is 12.0 Å². The molecule has 2 aliphatic rings. The Kier molecular flexibility index (Phi) is 11.3. The zero-order chi connectivity index (χ0) is 18.6. The highest BCUT2D eigenvalue weighted by Gasteiger charge is 2.28. The fourth-order valence-electron chi connectivity index (χ4n) is 2.08. The van der Waals surface area contributed by atoms with E-state index >= 15 is 0 Å². The van der Waals surface area contributed by atoms with Crippen molar-refractivity contribution in [3.05, 3.63) is 36.5 Å². The summed E-state index contributed by atoms with van der Waals surface area (Å²) in [6.07, 6.45) is 11.2. The first kappa shape index (κ1) is 22.6. The Balaban J connectivity index is 0.000000952. The van der Waals surface area contributed by atoms with Crippen molar-refractivity contribution in [3.63, 3.8) is 0 Å². The van der Waals surface area contributed by atoms with Crippen molar-refractivity contribution in [1.29, 1.82) is 0 Å². The number of hydrogen-bond donors (Lipinski definition) is 3. The predicted molar refractivity (Wildman–Crippen MR) is 101 cm³/mol. The maximum Gasteiger partial charge on any atom is 0.193 e. The van der Waals surface area contributed by atoms with Crippen molar-refractivity contribution in [1.82, 2.24) is 0 Å². The van der Waals surface area contributed by atoms with E-state index < -0.39 is 11.7 Å². The van der Waals surface area contributed by atoms with Gasteiger partial charge in [-0.15, -0.1) is 0 Å². The SMILES string of the molecule is CC.CC(C)(O)/C=C/C[C@@H]1COC(C2C=CC=CC2O)=N1.CCN. The second-order valence-corrected chi connectivity index (χ2v) is 5.92. The van der Waals surface area contributed by atoms with Crippen LogP contribution in [0.2, 0.25) is 0 Å². The van der Waals surface area contributed by atoms with Crippen LogP contribution in [0.3, 0.4) is 0 Å². The van der Waals surface area contributed by atoms with E-state index in [4.69, 9.17) is 10.5 Å². The molecule has 0 radical (unpaired) electrons. The maximum absolute atomic E-state index is 9.85. The molecule has 138 valence electrons. The standard InChI is InChI=1S/C15H21NO3.C2H7N.C2H6/c1-15(2,18)9-5-6-11-10-19-14(16-11)12-7-3-4-8-13(12)17;1-2-3;1-2/h3-5,7-9,11-13,17-18H,6,10H2,1-2H3;2-3H2,1H3;1-2H3/b9-5+;;/t11-,12?,13?;;/m1../s1. The van der Waals surface area contributed by atoms with E-state index in [2.05, 4.69) is 4.99 Å². The summed E-state index contributed by atoms with van der Waals surface area (Å²) in [6.45, 7) is 10.7. The number of hydrogen-bond acceptors (Lipinski definition) is 5. The van der Waals surface area contributed by atoms with Gasteiger partial charge < -0.3 is 20.7 Å². The first-order chi connectivity index (χ1) is 11.4. The Labute approximate surface area is 146 Å². The van der Waals surface area contributed by atoms with Gasteiger partial charge in [-0.05, 0) is 26.8 Å². The average molecular weight is 338 g/mol. The van der Waals surface area contributed by atoms with Crippen LogP contribution in [-0.2, 0) is 4.74 Å². The molecule has 0 aromatic rings. The van der Waals surface area contributed by atoms with Gasteiger partial charge in [-0.2, -0.15) is 0 Å². The quantitative estimate of drug-likeness (QED) is 0.688. The van der Waals surface area contributed by atoms with Crippen LogP contribution in [0, 0.1) is 5.92 Å². The van der Waals surface area contributed by atoms with Crippen molar-refractivity contribution in [2.45, 2.75) is 58.8 Å². The molecule has 2 unspecified atom stereocenters. The van der Waals surface area contributed by atoms with E-state index in [0.29, 0.717) is 12.5 Å². The van der Waals surface area contributed by atoms with Gasteiger partial charge in [-0.3, -0.25) is 0 Å². The largest absolute Gasteiger partial charge is 0.478 e. The zero-order valence-electron chi connectivity index (χ0n) is 15.6. The molecule has 0 aromatic heterocycles. The summed E-state index contributed by atoms with van der Waals surface area (Å²) in [5.74, 6) is 0.433. The van der Waals surface area contributed by atoms with Crippen LogP contribution < -0.4 is 5.73 Å². The molecule has 1 aliphatic heterocycles. The number of ether oxygens (including phenoxy) is 1. The smallest absolute Gasteiger partial charge is 0.193 e. The van der Waals surface area contributed by atoms with Crippen LogP contribution in [0.15, 0.2) is 41.4 Å². The number of aliphatic hydroxyl groups is 2. The minimum atomic E-state index is -0.793. The first-order valence-corrected chi connectivity index (χ1v) is 8.71.